The van der Waals surface area contributed by atoms with Crippen LogP contribution in [0.2, 0.25) is 5.02 Å². The van der Waals surface area contributed by atoms with Crippen LogP contribution in [-0.4, -0.2) is 35.5 Å². The summed E-state index contributed by atoms with van der Waals surface area (Å²) in [5, 5.41) is 8.18. The smallest absolute Gasteiger partial charge is 0.432 e. The van der Waals surface area contributed by atoms with E-state index in [1.807, 2.05) is 0 Å². The van der Waals surface area contributed by atoms with Gasteiger partial charge in [0.15, 0.2) is 11.5 Å². The summed E-state index contributed by atoms with van der Waals surface area (Å²) >= 11 is 6.08. The molecule has 0 aliphatic rings. The first-order valence-electron chi connectivity index (χ1n) is 10.8. The number of alkyl halides is 3. The maximum Gasteiger partial charge on any atom is 0.432 e. The third-order valence-electron chi connectivity index (χ3n) is 5.05. The fourth-order valence-electron chi connectivity index (χ4n) is 3.32. The number of carbonyl (C=O) groups excluding carboxylic acids is 1. The first-order chi connectivity index (χ1) is 18.4. The second-order valence-electron chi connectivity index (χ2n) is 7.61. The molecule has 0 amide bonds. The van der Waals surface area contributed by atoms with Crippen LogP contribution in [0.1, 0.15) is 12.1 Å². The first-order valence-corrected chi connectivity index (χ1v) is 11.2. The van der Waals surface area contributed by atoms with Gasteiger partial charge in [0.25, 0.3) is 11.8 Å². The Morgan fingerprint density at radius 2 is 1.85 bits per heavy atom. The fraction of sp³-hybridized carbons (Fsp3) is 0.250. The summed E-state index contributed by atoms with van der Waals surface area (Å²) in [5.74, 6) is -2.89. The molecule has 15 heteroatoms. The van der Waals surface area contributed by atoms with Crippen LogP contribution in [0.15, 0.2) is 46.0 Å². The number of rotatable bonds is 9. The van der Waals surface area contributed by atoms with Gasteiger partial charge in [-0.1, -0.05) is 23.7 Å². The number of benzene rings is 2. The van der Waals surface area contributed by atoms with Crippen molar-refractivity contribution in [3.63, 3.8) is 0 Å². The van der Waals surface area contributed by atoms with E-state index >= 15 is 0 Å². The molecule has 1 aromatic heterocycles. The molecule has 10 nitrogen and oxygen atoms in total. The van der Waals surface area contributed by atoms with Crippen molar-refractivity contribution < 1.29 is 41.3 Å². The monoisotopic (exact) mass is 571 g/mol. The van der Waals surface area contributed by atoms with Crippen molar-refractivity contribution in [2.75, 3.05) is 13.7 Å². The van der Waals surface area contributed by atoms with Crippen LogP contribution < -0.4 is 20.7 Å². The third kappa shape index (κ3) is 6.57. The number of ether oxygens (including phenoxy) is 4. The number of methoxy groups -OCH3 is 1. The van der Waals surface area contributed by atoms with Crippen LogP contribution in [0, 0.1) is 17.1 Å². The van der Waals surface area contributed by atoms with E-state index < -0.39 is 58.1 Å². The van der Waals surface area contributed by atoms with E-state index in [4.69, 9.17) is 35.8 Å². The predicted molar refractivity (Wildman–Crippen MR) is 127 cm³/mol. The lowest BCUT2D eigenvalue weighted by Gasteiger charge is -2.19. The van der Waals surface area contributed by atoms with Crippen molar-refractivity contribution in [1.82, 2.24) is 9.55 Å². The number of aromatic nitrogens is 2. The van der Waals surface area contributed by atoms with Gasteiger partial charge in [-0.05, 0) is 24.3 Å². The van der Waals surface area contributed by atoms with E-state index in [-0.39, 0.29) is 34.1 Å². The lowest BCUT2D eigenvalue weighted by molar-refractivity contribution is -0.173. The van der Waals surface area contributed by atoms with Crippen molar-refractivity contribution in [1.29, 1.82) is 5.26 Å². The highest BCUT2D eigenvalue weighted by Crippen LogP contribution is 2.41. The van der Waals surface area contributed by atoms with Gasteiger partial charge < -0.3 is 18.9 Å². The molecular formula is C24H18ClF4N3O7. The van der Waals surface area contributed by atoms with E-state index in [0.717, 1.165) is 20.2 Å². The minimum atomic E-state index is -5.21. The van der Waals surface area contributed by atoms with Crippen LogP contribution in [-0.2, 0) is 27.5 Å². The van der Waals surface area contributed by atoms with Crippen molar-refractivity contribution in [2.45, 2.75) is 18.9 Å². The van der Waals surface area contributed by atoms with Crippen LogP contribution in [0.4, 0.5) is 17.6 Å². The number of hydrogen-bond donors (Lipinski definition) is 1. The van der Waals surface area contributed by atoms with E-state index in [9.17, 15) is 31.9 Å². The van der Waals surface area contributed by atoms with E-state index in [2.05, 4.69) is 0 Å². The average Bonchev–Trinajstić information content (AvgIpc) is 2.86. The first kappa shape index (κ1) is 29.2. The van der Waals surface area contributed by atoms with Crippen LogP contribution in [0.3, 0.4) is 0 Å². The summed E-state index contributed by atoms with van der Waals surface area (Å²) < 4.78 is 77.4. The van der Waals surface area contributed by atoms with Gasteiger partial charge in [0, 0.05) is 19.7 Å². The molecule has 1 N–H and O–H groups in total. The predicted octanol–water partition coefficient (Wildman–Crippen LogP) is 4.15. The third-order valence-corrected chi connectivity index (χ3v) is 5.35. The molecule has 0 aliphatic carbocycles. The molecule has 1 atom stereocenters. The second kappa shape index (κ2) is 12.0. The maximum atomic E-state index is 14.9. The van der Waals surface area contributed by atoms with Gasteiger partial charge in [-0.2, -0.15) is 18.4 Å². The highest BCUT2D eigenvalue weighted by atomic mass is 35.5. The van der Waals surface area contributed by atoms with E-state index in [1.165, 1.54) is 24.3 Å². The van der Waals surface area contributed by atoms with Crippen molar-refractivity contribution >= 4 is 17.6 Å². The summed E-state index contributed by atoms with van der Waals surface area (Å²) in [6.07, 6.45) is -6.87. The Morgan fingerprint density at radius 1 is 1.18 bits per heavy atom. The zero-order chi connectivity index (χ0) is 28.9. The standard InChI is InChI=1S/C24H18ClF4N3O7/c1-32-19(24(27,28)29)18(20(33)31-23(32)35)12-10-17(13(25)11-14(12)26)38-15-6-3-4-7-16(15)39-22(36-2)21(34)37-9-5-8-30/h3-4,6-7,10-11,22H,5,9H2,1-2H3,(H,31,33,35). The Morgan fingerprint density at radius 3 is 2.46 bits per heavy atom. The van der Waals surface area contributed by atoms with Gasteiger partial charge in [0.1, 0.15) is 23.9 Å². The summed E-state index contributed by atoms with van der Waals surface area (Å²) in [6.45, 7) is -0.213. The second-order valence-corrected chi connectivity index (χ2v) is 8.02. The number of aromatic amines is 1. The van der Waals surface area contributed by atoms with E-state index in [1.54, 1.807) is 11.1 Å². The largest absolute Gasteiger partial charge is 0.460 e. The number of H-pyrrole nitrogens is 1. The minimum Gasteiger partial charge on any atom is -0.460 e. The van der Waals surface area contributed by atoms with Gasteiger partial charge in [-0.3, -0.25) is 14.3 Å². The molecule has 0 radical (unpaired) electrons. The van der Waals surface area contributed by atoms with Crippen LogP contribution in [0.5, 0.6) is 17.2 Å². The average molecular weight is 572 g/mol. The molecule has 1 heterocycles. The van der Waals surface area contributed by atoms with Crippen LogP contribution in [0.25, 0.3) is 11.1 Å². The molecule has 39 heavy (non-hydrogen) atoms. The number of nitrogens with one attached hydrogen (secondary N) is 1. The number of carbonyl (C=O) groups is 1. The maximum absolute atomic E-state index is 14.9. The van der Waals surface area contributed by atoms with Gasteiger partial charge >= 0.3 is 17.8 Å². The van der Waals surface area contributed by atoms with Crippen molar-refractivity contribution in [3.05, 3.63) is 73.8 Å². The number of halogens is 5. The zero-order valence-electron chi connectivity index (χ0n) is 20.1. The Balaban J connectivity index is 2.05. The number of para-hydroxylation sites is 2. The van der Waals surface area contributed by atoms with Gasteiger partial charge in [-0.25, -0.2) is 14.0 Å². The van der Waals surface area contributed by atoms with Gasteiger partial charge in [-0.15, -0.1) is 0 Å². The molecule has 0 bridgehead atoms. The molecule has 3 rings (SSSR count). The molecule has 3 aromatic rings. The van der Waals surface area contributed by atoms with Crippen molar-refractivity contribution in [3.8, 4) is 34.4 Å². The molecule has 0 aliphatic heterocycles. The Kier molecular flexibility index (Phi) is 9.00. The lowest BCUT2D eigenvalue weighted by atomic mass is 10.0. The quantitative estimate of drug-likeness (QED) is 0.175. The van der Waals surface area contributed by atoms with Crippen molar-refractivity contribution in [2.24, 2.45) is 7.05 Å². The Hall–Kier alpha value is -4.35. The topological polar surface area (TPSA) is 133 Å². The molecule has 0 fully saturated rings. The molecule has 0 saturated carbocycles. The van der Waals surface area contributed by atoms with Gasteiger partial charge in [0.2, 0.25) is 0 Å². The lowest BCUT2D eigenvalue weighted by Crippen LogP contribution is -2.35. The summed E-state index contributed by atoms with van der Waals surface area (Å²) in [7, 11) is 1.91. The molecular weight excluding hydrogens is 554 g/mol. The Labute approximate surface area is 221 Å². The molecule has 0 saturated heterocycles. The molecule has 1 unspecified atom stereocenters. The number of nitrogens with zero attached hydrogens (tertiary/aromatic N) is 2. The summed E-state index contributed by atoms with van der Waals surface area (Å²) in [5.41, 5.74) is -6.56. The molecule has 0 spiro atoms. The number of esters is 1. The normalized spacial score (nSPS) is 11.9. The zero-order valence-corrected chi connectivity index (χ0v) is 20.9. The number of hydrogen-bond acceptors (Lipinski definition) is 8. The minimum absolute atomic E-state index is 0.0677. The summed E-state index contributed by atoms with van der Waals surface area (Å²) in [6, 6.07) is 8.83. The fourth-order valence-corrected chi connectivity index (χ4v) is 3.51. The Bertz CT molecular complexity index is 1550. The number of nitriles is 1. The SMILES string of the molecule is COC(Oc1ccccc1Oc1cc(-c2c(C(F)(F)F)n(C)c(=O)[nH]c2=O)c(F)cc1Cl)C(=O)OCCC#N. The molecule has 206 valence electrons. The summed E-state index contributed by atoms with van der Waals surface area (Å²) in [4.78, 5) is 38.1. The molecule has 2 aromatic carbocycles. The van der Waals surface area contributed by atoms with E-state index in [0.29, 0.717) is 6.07 Å². The highest BCUT2D eigenvalue weighted by molar-refractivity contribution is 6.32. The van der Waals surface area contributed by atoms with Gasteiger partial charge in [0.05, 0.1) is 23.1 Å². The highest BCUT2D eigenvalue weighted by Gasteiger charge is 2.39. The van der Waals surface area contributed by atoms with Crippen LogP contribution >= 0.6 is 11.6 Å².